The minimum atomic E-state index is -3.67. The summed E-state index contributed by atoms with van der Waals surface area (Å²) in [5, 5.41) is 3.08. The van der Waals surface area contributed by atoms with Gasteiger partial charge in [-0.2, -0.15) is 4.31 Å². The predicted molar refractivity (Wildman–Crippen MR) is 103 cm³/mol. The standard InChI is InChI=1S/C18H25BrN2O4S/c1-13-4-2-3-5-16(13)20-18(22)14-6-7-15(19)17(12-14)26(23,24)21-8-10-25-11-9-21/h6-7,12-13,16H,2-5,8-11H2,1H3,(H,20,22)/t13-,16-/m0/s1. The number of hydrogen-bond acceptors (Lipinski definition) is 4. The maximum Gasteiger partial charge on any atom is 0.251 e. The van der Waals surface area contributed by atoms with Gasteiger partial charge in [0.05, 0.1) is 18.1 Å². The zero-order chi connectivity index (χ0) is 18.7. The second-order valence-electron chi connectivity index (χ2n) is 7.00. The molecule has 144 valence electrons. The first-order valence-electron chi connectivity index (χ1n) is 9.08. The molecule has 2 atom stereocenters. The van der Waals surface area contributed by atoms with Gasteiger partial charge in [-0.25, -0.2) is 8.42 Å². The molecule has 0 spiro atoms. The van der Waals surface area contributed by atoms with Crippen molar-refractivity contribution >= 4 is 31.9 Å². The zero-order valence-corrected chi connectivity index (χ0v) is 17.3. The average Bonchev–Trinajstić information content (AvgIpc) is 2.64. The summed E-state index contributed by atoms with van der Waals surface area (Å²) in [5.41, 5.74) is 0.373. The Balaban J connectivity index is 1.81. The van der Waals surface area contributed by atoms with E-state index in [2.05, 4.69) is 28.2 Å². The van der Waals surface area contributed by atoms with Crippen LogP contribution in [0.5, 0.6) is 0 Å². The highest BCUT2D eigenvalue weighted by atomic mass is 79.9. The van der Waals surface area contributed by atoms with Crippen molar-refractivity contribution in [2.45, 2.75) is 43.5 Å². The first kappa shape index (κ1) is 19.8. The Morgan fingerprint density at radius 3 is 2.62 bits per heavy atom. The quantitative estimate of drug-likeness (QED) is 0.774. The summed E-state index contributed by atoms with van der Waals surface area (Å²) in [6.07, 6.45) is 4.41. The third-order valence-electron chi connectivity index (χ3n) is 5.21. The molecule has 1 heterocycles. The smallest absolute Gasteiger partial charge is 0.251 e. The maximum atomic E-state index is 12.9. The van der Waals surface area contributed by atoms with E-state index in [0.717, 1.165) is 19.3 Å². The average molecular weight is 445 g/mol. The molecule has 1 saturated carbocycles. The summed E-state index contributed by atoms with van der Waals surface area (Å²) in [6.45, 7) is 3.57. The van der Waals surface area contributed by atoms with E-state index in [-0.39, 0.29) is 16.8 Å². The molecule has 0 radical (unpaired) electrons. The third kappa shape index (κ3) is 4.30. The third-order valence-corrected chi connectivity index (χ3v) is 8.10. The molecule has 1 aliphatic carbocycles. The number of nitrogens with zero attached hydrogens (tertiary/aromatic N) is 1. The topological polar surface area (TPSA) is 75.7 Å². The van der Waals surface area contributed by atoms with Crippen molar-refractivity contribution in [2.75, 3.05) is 26.3 Å². The van der Waals surface area contributed by atoms with Crippen molar-refractivity contribution in [3.8, 4) is 0 Å². The Kier molecular flexibility index (Phi) is 6.37. The number of sulfonamides is 1. The summed E-state index contributed by atoms with van der Waals surface area (Å²) < 4.78 is 33.0. The summed E-state index contributed by atoms with van der Waals surface area (Å²) in [4.78, 5) is 12.8. The van der Waals surface area contributed by atoms with Gasteiger partial charge in [0.1, 0.15) is 0 Å². The molecule has 26 heavy (non-hydrogen) atoms. The van der Waals surface area contributed by atoms with Gasteiger partial charge >= 0.3 is 0 Å². The van der Waals surface area contributed by atoms with Crippen molar-refractivity contribution in [3.05, 3.63) is 28.2 Å². The van der Waals surface area contributed by atoms with E-state index in [9.17, 15) is 13.2 Å². The summed E-state index contributed by atoms with van der Waals surface area (Å²) in [6, 6.07) is 4.91. The molecule has 6 nitrogen and oxygen atoms in total. The highest BCUT2D eigenvalue weighted by Crippen LogP contribution is 2.28. The number of ether oxygens (including phenoxy) is 1. The van der Waals surface area contributed by atoms with Gasteiger partial charge in [0, 0.05) is 29.2 Å². The Morgan fingerprint density at radius 2 is 1.92 bits per heavy atom. The fraction of sp³-hybridized carbons (Fsp3) is 0.611. The molecular weight excluding hydrogens is 420 g/mol. The molecule has 0 unspecified atom stereocenters. The van der Waals surface area contributed by atoms with E-state index in [1.165, 1.54) is 16.8 Å². The second-order valence-corrected chi connectivity index (χ2v) is 9.76. The molecule has 1 saturated heterocycles. The van der Waals surface area contributed by atoms with Gasteiger partial charge in [-0.1, -0.05) is 19.8 Å². The lowest BCUT2D eigenvalue weighted by atomic mass is 9.86. The molecule has 8 heteroatoms. The van der Waals surface area contributed by atoms with Crippen molar-refractivity contribution in [2.24, 2.45) is 5.92 Å². The number of carbonyl (C=O) groups excluding carboxylic acids is 1. The first-order valence-corrected chi connectivity index (χ1v) is 11.3. The minimum Gasteiger partial charge on any atom is -0.379 e. The number of halogens is 1. The van der Waals surface area contributed by atoms with Crippen LogP contribution in [-0.2, 0) is 14.8 Å². The van der Waals surface area contributed by atoms with Crippen LogP contribution in [0.4, 0.5) is 0 Å². The molecule has 1 amide bonds. The van der Waals surface area contributed by atoms with Crippen LogP contribution in [-0.4, -0.2) is 51.0 Å². The van der Waals surface area contributed by atoms with Gasteiger partial charge in [-0.15, -0.1) is 0 Å². The normalized spacial score (nSPS) is 25.0. The summed E-state index contributed by atoms with van der Waals surface area (Å²) in [5.74, 6) is 0.231. The van der Waals surface area contributed by atoms with Gasteiger partial charge in [-0.3, -0.25) is 4.79 Å². The van der Waals surface area contributed by atoms with Crippen LogP contribution in [0.3, 0.4) is 0 Å². The first-order chi connectivity index (χ1) is 12.4. The van der Waals surface area contributed by atoms with Crippen LogP contribution in [0.15, 0.2) is 27.6 Å². The highest BCUT2D eigenvalue weighted by molar-refractivity contribution is 9.10. The monoisotopic (exact) mass is 444 g/mol. The Hall–Kier alpha value is -0.960. The number of hydrogen-bond donors (Lipinski definition) is 1. The van der Waals surface area contributed by atoms with Gasteiger partial charge < -0.3 is 10.1 Å². The molecule has 0 bridgehead atoms. The van der Waals surface area contributed by atoms with Gasteiger partial charge in [-0.05, 0) is 52.9 Å². The fourth-order valence-corrected chi connectivity index (χ4v) is 5.91. The van der Waals surface area contributed by atoms with Crippen LogP contribution in [0.25, 0.3) is 0 Å². The van der Waals surface area contributed by atoms with E-state index in [0.29, 0.717) is 42.3 Å². The van der Waals surface area contributed by atoms with Crippen LogP contribution >= 0.6 is 15.9 Å². The van der Waals surface area contributed by atoms with Crippen molar-refractivity contribution in [3.63, 3.8) is 0 Å². The molecule has 1 aromatic rings. The molecule has 2 fully saturated rings. The van der Waals surface area contributed by atoms with E-state index in [1.807, 2.05) is 0 Å². The minimum absolute atomic E-state index is 0.128. The lowest BCUT2D eigenvalue weighted by Gasteiger charge is -2.29. The summed E-state index contributed by atoms with van der Waals surface area (Å²) >= 11 is 3.32. The van der Waals surface area contributed by atoms with Crippen LogP contribution in [0.2, 0.25) is 0 Å². The molecule has 3 rings (SSSR count). The number of morpholine rings is 1. The Morgan fingerprint density at radius 1 is 1.23 bits per heavy atom. The largest absolute Gasteiger partial charge is 0.379 e. The molecular formula is C18H25BrN2O4S. The van der Waals surface area contributed by atoms with E-state index in [1.54, 1.807) is 12.1 Å². The number of rotatable bonds is 4. The molecule has 2 aliphatic rings. The molecule has 1 aliphatic heterocycles. The number of carbonyl (C=O) groups is 1. The predicted octanol–water partition coefficient (Wildman–Crippen LogP) is 2.78. The number of benzene rings is 1. The van der Waals surface area contributed by atoms with Crippen LogP contribution in [0, 0.1) is 5.92 Å². The highest BCUT2D eigenvalue weighted by Gasteiger charge is 2.29. The SMILES string of the molecule is C[C@H]1CCCC[C@@H]1NC(=O)c1ccc(Br)c(S(=O)(=O)N2CCOCC2)c1. The van der Waals surface area contributed by atoms with Crippen molar-refractivity contribution in [1.29, 1.82) is 0 Å². The van der Waals surface area contributed by atoms with E-state index < -0.39 is 10.0 Å². The Bertz CT molecular complexity index is 762. The summed E-state index contributed by atoms with van der Waals surface area (Å²) in [7, 11) is -3.67. The maximum absolute atomic E-state index is 12.9. The molecule has 1 N–H and O–H groups in total. The Labute approximate surface area is 163 Å². The molecule has 0 aromatic heterocycles. The second kappa shape index (κ2) is 8.37. The lowest BCUT2D eigenvalue weighted by molar-refractivity contribution is 0.0730. The lowest BCUT2D eigenvalue weighted by Crippen LogP contribution is -2.41. The van der Waals surface area contributed by atoms with Crippen LogP contribution < -0.4 is 5.32 Å². The van der Waals surface area contributed by atoms with Crippen molar-refractivity contribution < 1.29 is 17.9 Å². The number of nitrogens with one attached hydrogen (secondary N) is 1. The van der Waals surface area contributed by atoms with Gasteiger partial charge in [0.25, 0.3) is 5.91 Å². The van der Waals surface area contributed by atoms with Gasteiger partial charge in [0.2, 0.25) is 10.0 Å². The van der Waals surface area contributed by atoms with Gasteiger partial charge in [0.15, 0.2) is 0 Å². The van der Waals surface area contributed by atoms with Crippen molar-refractivity contribution in [1.82, 2.24) is 9.62 Å². The number of amides is 1. The van der Waals surface area contributed by atoms with E-state index >= 15 is 0 Å². The van der Waals surface area contributed by atoms with Crippen LogP contribution in [0.1, 0.15) is 43.0 Å². The fourth-order valence-electron chi connectivity index (χ4n) is 3.55. The van der Waals surface area contributed by atoms with E-state index in [4.69, 9.17) is 4.74 Å². The molecule has 1 aromatic carbocycles. The zero-order valence-electron chi connectivity index (χ0n) is 14.9.